The maximum absolute atomic E-state index is 10.7. The lowest BCUT2D eigenvalue weighted by molar-refractivity contribution is -0.384. The Morgan fingerprint density at radius 2 is 2.10 bits per heavy atom. The summed E-state index contributed by atoms with van der Waals surface area (Å²) < 4.78 is 0. The Bertz CT molecular complexity index is 626. The van der Waals surface area contributed by atoms with E-state index in [1.54, 1.807) is 30.5 Å². The number of rotatable bonds is 5. The second-order valence-electron chi connectivity index (χ2n) is 4.29. The van der Waals surface area contributed by atoms with Crippen LogP contribution in [0.4, 0.5) is 5.69 Å². The van der Waals surface area contributed by atoms with Crippen molar-refractivity contribution in [3.05, 3.63) is 62.3 Å². The molecular formula is C14H16N4O2S. The molecule has 6 nitrogen and oxygen atoms in total. The fourth-order valence-corrected chi connectivity index (χ4v) is 2.41. The van der Waals surface area contributed by atoms with Crippen molar-refractivity contribution in [3.63, 3.8) is 0 Å². The topological polar surface area (TPSA) is 79.6 Å². The summed E-state index contributed by atoms with van der Waals surface area (Å²) in [6.45, 7) is 1.18. The minimum atomic E-state index is -0.395. The first-order valence-corrected chi connectivity index (χ1v) is 7.27. The maximum Gasteiger partial charge on any atom is 0.269 e. The zero-order valence-electron chi connectivity index (χ0n) is 11.6. The number of nitrogens with one attached hydrogen (secondary N) is 2. The Hall–Kier alpha value is -2.41. The molecule has 1 heterocycles. The summed E-state index contributed by atoms with van der Waals surface area (Å²) in [6, 6.07) is 10.6. The van der Waals surface area contributed by atoms with Gasteiger partial charge in [-0.3, -0.25) is 15.1 Å². The Morgan fingerprint density at radius 1 is 1.29 bits per heavy atom. The lowest BCUT2D eigenvalue weighted by Crippen LogP contribution is -2.36. The van der Waals surface area contributed by atoms with Gasteiger partial charge in [-0.05, 0) is 17.0 Å². The number of nitrogens with zero attached hydrogens (tertiary/aromatic N) is 2. The maximum atomic E-state index is 10.7. The summed E-state index contributed by atoms with van der Waals surface area (Å²) in [7, 11) is 1.69. The van der Waals surface area contributed by atoms with Gasteiger partial charge in [0.25, 0.3) is 5.69 Å². The lowest BCUT2D eigenvalue weighted by Gasteiger charge is -2.11. The van der Waals surface area contributed by atoms with Gasteiger partial charge in [-0.1, -0.05) is 18.2 Å². The van der Waals surface area contributed by atoms with Crippen molar-refractivity contribution in [2.75, 3.05) is 7.05 Å². The first-order chi connectivity index (χ1) is 10.2. The van der Waals surface area contributed by atoms with Gasteiger partial charge in [0.15, 0.2) is 5.96 Å². The van der Waals surface area contributed by atoms with Crippen molar-refractivity contribution in [2.24, 2.45) is 4.99 Å². The fourth-order valence-electron chi connectivity index (χ4n) is 1.77. The van der Waals surface area contributed by atoms with Crippen LogP contribution in [-0.2, 0) is 13.1 Å². The first kappa shape index (κ1) is 15.0. The van der Waals surface area contributed by atoms with Crippen molar-refractivity contribution >= 4 is 23.0 Å². The molecule has 0 fully saturated rings. The van der Waals surface area contributed by atoms with Crippen LogP contribution >= 0.6 is 11.3 Å². The zero-order chi connectivity index (χ0) is 15.1. The first-order valence-electron chi connectivity index (χ1n) is 6.39. The third-order valence-electron chi connectivity index (χ3n) is 2.82. The van der Waals surface area contributed by atoms with E-state index in [9.17, 15) is 10.1 Å². The second-order valence-corrected chi connectivity index (χ2v) is 5.32. The third kappa shape index (κ3) is 4.57. The molecule has 0 aliphatic carbocycles. The van der Waals surface area contributed by atoms with Gasteiger partial charge >= 0.3 is 0 Å². The molecule has 2 rings (SSSR count). The zero-order valence-corrected chi connectivity index (χ0v) is 12.4. The Kier molecular flexibility index (Phi) is 5.28. The number of hydrogen-bond donors (Lipinski definition) is 2. The van der Waals surface area contributed by atoms with Gasteiger partial charge in [-0.15, -0.1) is 11.3 Å². The highest BCUT2D eigenvalue weighted by atomic mass is 32.1. The van der Waals surface area contributed by atoms with Gasteiger partial charge in [-0.2, -0.15) is 0 Å². The number of benzene rings is 1. The SMILES string of the molecule is CN=C(NCc1cccc([N+](=O)[O-])c1)NCc1cccs1. The molecule has 0 amide bonds. The van der Waals surface area contributed by atoms with Crippen LogP contribution in [0.3, 0.4) is 0 Å². The third-order valence-corrected chi connectivity index (χ3v) is 3.69. The number of guanidine groups is 1. The molecule has 0 bridgehead atoms. The molecule has 0 radical (unpaired) electrons. The molecule has 2 aromatic rings. The van der Waals surface area contributed by atoms with E-state index < -0.39 is 4.92 Å². The van der Waals surface area contributed by atoms with E-state index in [-0.39, 0.29) is 5.69 Å². The molecule has 7 heteroatoms. The highest BCUT2D eigenvalue weighted by Crippen LogP contribution is 2.12. The van der Waals surface area contributed by atoms with E-state index in [0.29, 0.717) is 19.0 Å². The number of thiophene rings is 1. The molecule has 1 aromatic carbocycles. The summed E-state index contributed by atoms with van der Waals surface area (Å²) >= 11 is 1.67. The van der Waals surface area contributed by atoms with E-state index >= 15 is 0 Å². The van der Waals surface area contributed by atoms with Gasteiger partial charge in [0.2, 0.25) is 0 Å². The van der Waals surface area contributed by atoms with Crippen molar-refractivity contribution in [3.8, 4) is 0 Å². The Morgan fingerprint density at radius 3 is 2.76 bits per heavy atom. The van der Waals surface area contributed by atoms with Gasteiger partial charge in [-0.25, -0.2) is 0 Å². The second kappa shape index (κ2) is 7.39. The highest BCUT2D eigenvalue weighted by molar-refractivity contribution is 7.09. The molecule has 21 heavy (non-hydrogen) atoms. The van der Waals surface area contributed by atoms with Gasteiger partial charge in [0, 0.05) is 30.6 Å². The molecule has 0 aliphatic heterocycles. The van der Waals surface area contributed by atoms with Crippen LogP contribution in [0.1, 0.15) is 10.4 Å². The minimum absolute atomic E-state index is 0.0934. The van der Waals surface area contributed by atoms with Crippen LogP contribution in [0.15, 0.2) is 46.8 Å². The van der Waals surface area contributed by atoms with E-state index in [4.69, 9.17) is 0 Å². The largest absolute Gasteiger partial charge is 0.352 e. The van der Waals surface area contributed by atoms with E-state index in [2.05, 4.69) is 15.6 Å². The predicted octanol–water partition coefficient (Wildman–Crippen LogP) is 2.52. The van der Waals surface area contributed by atoms with Crippen molar-refractivity contribution < 1.29 is 4.92 Å². The monoisotopic (exact) mass is 304 g/mol. The molecule has 1 aromatic heterocycles. The predicted molar refractivity (Wildman–Crippen MR) is 84.5 cm³/mol. The van der Waals surface area contributed by atoms with E-state index in [1.165, 1.54) is 10.9 Å². The van der Waals surface area contributed by atoms with Crippen LogP contribution in [0, 0.1) is 10.1 Å². The minimum Gasteiger partial charge on any atom is -0.352 e. The molecule has 0 atom stereocenters. The van der Waals surface area contributed by atoms with Gasteiger partial charge in [0.05, 0.1) is 11.5 Å². The summed E-state index contributed by atoms with van der Waals surface area (Å²) in [5.74, 6) is 0.662. The molecule has 0 saturated heterocycles. The smallest absolute Gasteiger partial charge is 0.269 e. The van der Waals surface area contributed by atoms with Crippen LogP contribution in [0.25, 0.3) is 0 Å². The standard InChI is InChI=1S/C14H16N4O2S/c1-15-14(17-10-13-6-3-7-21-13)16-9-11-4-2-5-12(8-11)18(19)20/h2-8H,9-10H2,1H3,(H2,15,16,17). The molecule has 2 N–H and O–H groups in total. The lowest BCUT2D eigenvalue weighted by atomic mass is 10.2. The van der Waals surface area contributed by atoms with E-state index in [1.807, 2.05) is 23.6 Å². The molecule has 0 unspecified atom stereocenters. The molecular weight excluding hydrogens is 288 g/mol. The normalized spacial score (nSPS) is 11.2. The summed E-state index contributed by atoms with van der Waals surface area (Å²) in [5.41, 5.74) is 0.930. The summed E-state index contributed by atoms with van der Waals surface area (Å²) in [4.78, 5) is 15.7. The summed E-state index contributed by atoms with van der Waals surface area (Å²) in [5, 5.41) is 19.1. The van der Waals surface area contributed by atoms with Crippen molar-refractivity contribution in [1.82, 2.24) is 10.6 Å². The number of aliphatic imine (C=N–C) groups is 1. The number of nitro groups is 1. The molecule has 0 aliphatic rings. The average molecular weight is 304 g/mol. The van der Waals surface area contributed by atoms with Gasteiger partial charge in [0.1, 0.15) is 0 Å². The number of non-ortho nitro benzene ring substituents is 1. The van der Waals surface area contributed by atoms with Crippen molar-refractivity contribution in [1.29, 1.82) is 0 Å². The van der Waals surface area contributed by atoms with Crippen molar-refractivity contribution in [2.45, 2.75) is 13.1 Å². The van der Waals surface area contributed by atoms with Crippen LogP contribution in [0.5, 0.6) is 0 Å². The van der Waals surface area contributed by atoms with Crippen LogP contribution in [-0.4, -0.2) is 17.9 Å². The molecule has 0 saturated carbocycles. The van der Waals surface area contributed by atoms with Crippen LogP contribution < -0.4 is 10.6 Å². The van der Waals surface area contributed by atoms with Gasteiger partial charge < -0.3 is 10.6 Å². The van der Waals surface area contributed by atoms with E-state index in [0.717, 1.165) is 5.56 Å². The number of nitro benzene ring substituents is 1. The quantitative estimate of drug-likeness (QED) is 0.385. The summed E-state index contributed by atoms with van der Waals surface area (Å²) in [6.07, 6.45) is 0. The Labute approximate surface area is 126 Å². The molecule has 0 spiro atoms. The highest BCUT2D eigenvalue weighted by Gasteiger charge is 2.06. The molecule has 110 valence electrons. The Balaban J connectivity index is 1.88. The number of hydrogen-bond acceptors (Lipinski definition) is 4. The average Bonchev–Trinajstić information content (AvgIpc) is 3.01. The van der Waals surface area contributed by atoms with Crippen LogP contribution in [0.2, 0.25) is 0 Å². The fraction of sp³-hybridized carbons (Fsp3) is 0.214.